The second-order valence-corrected chi connectivity index (χ2v) is 11.9. The van der Waals surface area contributed by atoms with Crippen LogP contribution in [0.15, 0.2) is 53.5 Å². The number of nitrogens with zero attached hydrogens (tertiary/aromatic N) is 3. The van der Waals surface area contributed by atoms with E-state index in [0.29, 0.717) is 43.6 Å². The van der Waals surface area contributed by atoms with Gasteiger partial charge in [-0.1, -0.05) is 23.7 Å². The molecule has 0 saturated heterocycles. The number of rotatable bonds is 6. The molecule has 1 aliphatic rings. The van der Waals surface area contributed by atoms with E-state index in [1.54, 1.807) is 24.4 Å². The van der Waals surface area contributed by atoms with Crippen molar-refractivity contribution in [2.24, 2.45) is 0 Å². The second kappa shape index (κ2) is 8.80. The van der Waals surface area contributed by atoms with Crippen LogP contribution < -0.4 is 15.3 Å². The lowest BCUT2D eigenvalue weighted by atomic mass is 9.79. The number of anilines is 1. The van der Waals surface area contributed by atoms with Crippen LogP contribution in [0.5, 0.6) is 0 Å². The lowest BCUT2D eigenvalue weighted by Crippen LogP contribution is -2.34. The zero-order valence-electron chi connectivity index (χ0n) is 20.0. The van der Waals surface area contributed by atoms with E-state index in [1.165, 1.54) is 21.0 Å². The smallest absolute Gasteiger partial charge is 0.423 e. The van der Waals surface area contributed by atoms with Crippen LogP contribution in [-0.2, 0) is 16.6 Å². The van der Waals surface area contributed by atoms with Crippen molar-refractivity contribution < 1.29 is 22.9 Å². The van der Waals surface area contributed by atoms with Crippen molar-refractivity contribution in [1.82, 2.24) is 14.6 Å². The fraction of sp³-hybridized carbons (Fsp3) is 0.200. The minimum absolute atomic E-state index is 0.103. The molecule has 0 bridgehead atoms. The molecule has 0 unspecified atom stereocenters. The number of pyridine rings is 2. The number of hydrogen-bond acceptors (Lipinski definition) is 6. The Balaban J connectivity index is 1.56. The number of H-pyrrole nitrogens is 1. The normalized spacial score (nSPS) is 14.0. The lowest BCUT2D eigenvalue weighted by Gasteiger charge is -2.25. The van der Waals surface area contributed by atoms with E-state index in [4.69, 9.17) is 11.6 Å². The maximum Gasteiger partial charge on any atom is 0.491 e. The van der Waals surface area contributed by atoms with Gasteiger partial charge in [-0.25, -0.2) is 17.3 Å². The third kappa shape index (κ3) is 4.23. The van der Waals surface area contributed by atoms with Gasteiger partial charge >= 0.3 is 7.12 Å². The predicted molar refractivity (Wildman–Crippen MR) is 145 cm³/mol. The van der Waals surface area contributed by atoms with Crippen molar-refractivity contribution in [2.45, 2.75) is 25.3 Å². The molecule has 0 aliphatic heterocycles. The van der Waals surface area contributed by atoms with E-state index in [2.05, 4.69) is 10.1 Å². The highest BCUT2D eigenvalue weighted by Gasteiger charge is 2.32. The van der Waals surface area contributed by atoms with Gasteiger partial charge in [-0.15, -0.1) is 0 Å². The molecule has 9 nitrogen and oxygen atoms in total. The van der Waals surface area contributed by atoms with E-state index in [1.807, 2.05) is 6.07 Å². The third-order valence-corrected chi connectivity index (χ3v) is 8.21. The fourth-order valence-electron chi connectivity index (χ4n) is 4.87. The number of hydrogen-bond donors (Lipinski definition) is 3. The van der Waals surface area contributed by atoms with Gasteiger partial charge in [0, 0.05) is 15.9 Å². The van der Waals surface area contributed by atoms with Crippen LogP contribution in [0.3, 0.4) is 0 Å². The highest BCUT2D eigenvalue weighted by molar-refractivity contribution is 7.92. The van der Waals surface area contributed by atoms with Crippen LogP contribution in [0.2, 0.25) is 5.02 Å². The topological polar surface area (TPSA) is 128 Å². The summed E-state index contributed by atoms with van der Waals surface area (Å²) in [5, 5.41) is 24.8. The Morgan fingerprint density at radius 2 is 1.97 bits per heavy atom. The number of sulfonamides is 1. The van der Waals surface area contributed by atoms with Crippen LogP contribution in [-0.4, -0.2) is 46.4 Å². The number of halogens is 2. The average molecular weight is 555 g/mol. The first-order valence-electron chi connectivity index (χ1n) is 11.8. The molecule has 0 radical (unpaired) electrons. The van der Waals surface area contributed by atoms with Crippen LogP contribution in [0.4, 0.5) is 10.1 Å². The maximum absolute atomic E-state index is 14.4. The summed E-state index contributed by atoms with van der Waals surface area (Å²) < 4.78 is 43.2. The molecule has 3 aromatic heterocycles. The summed E-state index contributed by atoms with van der Waals surface area (Å²) in [6.45, 7) is -0.189. The molecule has 3 heterocycles. The molecule has 0 atom stereocenters. The SMILES string of the molecule is CS(=O)(=O)N(Cc1ccc(B(O)O)c(F)c1)c1cn2nc3c4ccc(Cl)cc4[nH]c(=O)c3c2cc1C1CC1. The van der Waals surface area contributed by atoms with Gasteiger partial charge in [0.05, 0.1) is 41.1 Å². The first kappa shape index (κ1) is 24.9. The molecule has 2 aromatic carbocycles. The molecule has 38 heavy (non-hydrogen) atoms. The molecule has 6 rings (SSSR count). The van der Waals surface area contributed by atoms with Crippen LogP contribution in [0.25, 0.3) is 27.3 Å². The molecular weight excluding hydrogens is 534 g/mol. The third-order valence-electron chi connectivity index (χ3n) is 6.85. The zero-order valence-corrected chi connectivity index (χ0v) is 21.6. The number of aromatic amines is 1. The molecule has 13 heteroatoms. The van der Waals surface area contributed by atoms with Gasteiger partial charge in [0.2, 0.25) is 10.0 Å². The zero-order chi connectivity index (χ0) is 26.9. The predicted octanol–water partition coefficient (Wildman–Crippen LogP) is 2.64. The summed E-state index contributed by atoms with van der Waals surface area (Å²) in [6, 6.07) is 10.7. The van der Waals surface area contributed by atoms with Crippen molar-refractivity contribution >= 4 is 67.2 Å². The van der Waals surface area contributed by atoms with Gasteiger partial charge in [-0.05, 0) is 60.2 Å². The number of nitrogens with one attached hydrogen (secondary N) is 1. The van der Waals surface area contributed by atoms with Gasteiger partial charge in [-0.3, -0.25) is 9.10 Å². The van der Waals surface area contributed by atoms with Gasteiger partial charge in [-0.2, -0.15) is 5.10 Å². The van der Waals surface area contributed by atoms with Crippen LogP contribution >= 0.6 is 11.6 Å². The summed E-state index contributed by atoms with van der Waals surface area (Å²) >= 11 is 6.10. The minimum atomic E-state index is -3.84. The van der Waals surface area contributed by atoms with E-state index in [9.17, 15) is 27.7 Å². The van der Waals surface area contributed by atoms with Crippen molar-refractivity contribution in [1.29, 1.82) is 0 Å². The van der Waals surface area contributed by atoms with Gasteiger partial charge in [0.25, 0.3) is 5.56 Å². The second-order valence-electron chi connectivity index (χ2n) is 9.58. The maximum atomic E-state index is 14.4. The Hall–Kier alpha value is -3.45. The van der Waals surface area contributed by atoms with Crippen molar-refractivity contribution in [2.75, 3.05) is 10.6 Å². The van der Waals surface area contributed by atoms with Crippen molar-refractivity contribution in [3.63, 3.8) is 0 Å². The first-order chi connectivity index (χ1) is 18.0. The van der Waals surface area contributed by atoms with Gasteiger partial charge in [0.15, 0.2) is 0 Å². The molecule has 0 amide bonds. The van der Waals surface area contributed by atoms with E-state index < -0.39 is 23.0 Å². The van der Waals surface area contributed by atoms with Crippen molar-refractivity contribution in [3.05, 3.63) is 81.0 Å². The summed E-state index contributed by atoms with van der Waals surface area (Å²) in [7, 11) is -5.82. The molecule has 5 aromatic rings. The standard InChI is InChI=1S/C25H21BClFN4O5S/c1-38(36,37)32(11-13-2-7-18(26(34)35)19(28)8-13)22-12-31-21(10-17(22)14-3-4-14)23-24(30-31)16-6-5-15(27)9-20(16)29-25(23)33/h2,5-10,12,14,34-35H,3-4,11H2,1H3,(H,29,33). The molecule has 0 spiro atoms. The highest BCUT2D eigenvalue weighted by Crippen LogP contribution is 2.46. The van der Waals surface area contributed by atoms with Crippen molar-refractivity contribution in [3.8, 4) is 0 Å². The van der Waals surface area contributed by atoms with Gasteiger partial charge in [0.1, 0.15) is 11.3 Å². The number of aromatic nitrogens is 3. The largest absolute Gasteiger partial charge is 0.491 e. The molecular formula is C25H21BClFN4O5S. The van der Waals surface area contributed by atoms with Gasteiger partial charge < -0.3 is 15.0 Å². The van der Waals surface area contributed by atoms with E-state index in [0.717, 1.165) is 30.7 Å². The first-order valence-corrected chi connectivity index (χ1v) is 14.0. The quantitative estimate of drug-likeness (QED) is 0.277. The number of fused-ring (bicyclic) bond motifs is 5. The summed E-state index contributed by atoms with van der Waals surface area (Å²) in [4.78, 5) is 15.9. The molecule has 1 saturated carbocycles. The Kier molecular flexibility index (Phi) is 5.76. The Bertz CT molecular complexity index is 1940. The van der Waals surface area contributed by atoms with E-state index in [-0.39, 0.29) is 23.5 Å². The molecule has 194 valence electrons. The molecule has 1 aliphatic carbocycles. The Morgan fingerprint density at radius 1 is 1.21 bits per heavy atom. The minimum Gasteiger partial charge on any atom is -0.423 e. The average Bonchev–Trinajstić information content (AvgIpc) is 3.61. The number of benzene rings is 2. The summed E-state index contributed by atoms with van der Waals surface area (Å²) in [5.41, 5.74) is 2.37. The Labute approximate surface area is 221 Å². The summed E-state index contributed by atoms with van der Waals surface area (Å²) in [5.74, 6) is -0.750. The van der Waals surface area contributed by atoms with Crippen LogP contribution in [0.1, 0.15) is 29.9 Å². The fourth-order valence-corrected chi connectivity index (χ4v) is 5.94. The van der Waals surface area contributed by atoms with Crippen LogP contribution in [0, 0.1) is 5.82 Å². The molecule has 1 fully saturated rings. The summed E-state index contributed by atoms with van der Waals surface area (Å²) in [6.07, 6.45) is 4.38. The Morgan fingerprint density at radius 3 is 2.63 bits per heavy atom. The monoisotopic (exact) mass is 554 g/mol. The lowest BCUT2D eigenvalue weighted by molar-refractivity contribution is 0.423. The van der Waals surface area contributed by atoms with E-state index >= 15 is 0 Å². The highest BCUT2D eigenvalue weighted by atomic mass is 35.5. The molecule has 3 N–H and O–H groups in total.